The van der Waals surface area contributed by atoms with Crippen molar-refractivity contribution >= 4 is 24.5 Å². The fraction of sp³-hybridized carbons (Fsp3) is 0.143. The fourth-order valence-electron chi connectivity index (χ4n) is 0.993. The van der Waals surface area contributed by atoms with Gasteiger partial charge in [-0.05, 0) is 12.1 Å². The molecule has 0 atom stereocenters. The lowest BCUT2D eigenvalue weighted by atomic mass is 10.5. The summed E-state index contributed by atoms with van der Waals surface area (Å²) in [6.45, 7) is 0.210. The van der Waals surface area contributed by atoms with Crippen LogP contribution >= 0.6 is 12.4 Å². The maximum atomic E-state index is 10.9. The van der Waals surface area contributed by atoms with E-state index in [9.17, 15) is 4.79 Å². The molecule has 1 amide bonds. The molecule has 0 saturated carbocycles. The van der Waals surface area contributed by atoms with E-state index in [1.807, 2.05) is 12.1 Å². The SMILES string of the molecule is Cl.O=C1CN=Cc2cccn2N1. The van der Waals surface area contributed by atoms with Crippen LogP contribution in [0.3, 0.4) is 0 Å². The van der Waals surface area contributed by atoms with Crippen LogP contribution in [0.15, 0.2) is 23.3 Å². The van der Waals surface area contributed by atoms with Crippen LogP contribution in [0.1, 0.15) is 5.69 Å². The number of carbonyl (C=O) groups excluding carboxylic acids is 1. The summed E-state index contributed by atoms with van der Waals surface area (Å²) in [6.07, 6.45) is 3.46. The summed E-state index contributed by atoms with van der Waals surface area (Å²) < 4.78 is 1.65. The molecule has 1 aliphatic heterocycles. The smallest absolute Gasteiger partial charge is 0.260 e. The second kappa shape index (κ2) is 3.40. The first-order chi connectivity index (χ1) is 5.36. The predicted octanol–water partition coefficient (Wildman–Crippen LogP) is 0.412. The minimum Gasteiger partial charge on any atom is -0.281 e. The number of rotatable bonds is 0. The largest absolute Gasteiger partial charge is 0.281 e. The summed E-state index contributed by atoms with van der Waals surface area (Å²) >= 11 is 0. The second-order valence-corrected chi connectivity index (χ2v) is 2.31. The van der Waals surface area contributed by atoms with Crippen molar-refractivity contribution in [2.45, 2.75) is 0 Å². The van der Waals surface area contributed by atoms with E-state index in [-0.39, 0.29) is 24.9 Å². The average molecular weight is 186 g/mol. The zero-order valence-corrected chi connectivity index (χ0v) is 7.04. The van der Waals surface area contributed by atoms with Crippen LogP contribution in [0.5, 0.6) is 0 Å². The van der Waals surface area contributed by atoms with E-state index in [4.69, 9.17) is 0 Å². The summed E-state index contributed by atoms with van der Waals surface area (Å²) in [7, 11) is 0. The Balaban J connectivity index is 0.000000720. The minimum absolute atomic E-state index is 0. The Kier molecular flexibility index (Phi) is 2.50. The molecule has 2 rings (SSSR count). The van der Waals surface area contributed by atoms with Crippen LogP contribution in [0.4, 0.5) is 0 Å². The number of aromatic nitrogens is 1. The van der Waals surface area contributed by atoms with Crippen molar-refractivity contribution < 1.29 is 4.79 Å². The van der Waals surface area contributed by atoms with Crippen LogP contribution in [0.2, 0.25) is 0 Å². The van der Waals surface area contributed by atoms with E-state index >= 15 is 0 Å². The van der Waals surface area contributed by atoms with Gasteiger partial charge >= 0.3 is 0 Å². The van der Waals surface area contributed by atoms with Gasteiger partial charge in [0.2, 0.25) is 0 Å². The molecule has 0 spiro atoms. The van der Waals surface area contributed by atoms with Crippen molar-refractivity contribution in [3.05, 3.63) is 24.0 Å². The number of carbonyl (C=O) groups is 1. The zero-order chi connectivity index (χ0) is 7.68. The van der Waals surface area contributed by atoms with Gasteiger partial charge in [-0.25, -0.2) is 0 Å². The maximum absolute atomic E-state index is 10.9. The number of nitrogens with zero attached hydrogens (tertiary/aromatic N) is 2. The van der Waals surface area contributed by atoms with Crippen LogP contribution in [0, 0.1) is 0 Å². The summed E-state index contributed by atoms with van der Waals surface area (Å²) in [5.41, 5.74) is 3.55. The lowest BCUT2D eigenvalue weighted by Gasteiger charge is -2.02. The molecule has 12 heavy (non-hydrogen) atoms. The molecule has 0 aliphatic carbocycles. The fourth-order valence-corrected chi connectivity index (χ4v) is 0.993. The van der Waals surface area contributed by atoms with Crippen LogP contribution in [-0.4, -0.2) is 23.3 Å². The zero-order valence-electron chi connectivity index (χ0n) is 6.23. The quantitative estimate of drug-likeness (QED) is 0.626. The van der Waals surface area contributed by atoms with Gasteiger partial charge in [0.05, 0.1) is 5.69 Å². The Labute approximate surface area is 75.7 Å². The van der Waals surface area contributed by atoms with Crippen molar-refractivity contribution in [1.82, 2.24) is 4.68 Å². The standard InChI is InChI=1S/C7H7N3O.ClH/c11-7-5-8-4-6-2-1-3-10(6)9-7;/h1-4H,5H2,(H,9,11);1H. The monoisotopic (exact) mass is 185 g/mol. The Hall–Kier alpha value is -1.29. The lowest BCUT2D eigenvalue weighted by molar-refractivity contribution is -0.115. The first-order valence-electron chi connectivity index (χ1n) is 3.33. The summed E-state index contributed by atoms with van der Waals surface area (Å²) in [4.78, 5) is 14.8. The normalized spacial score (nSPS) is 14.2. The number of hydrogen-bond donors (Lipinski definition) is 1. The van der Waals surface area contributed by atoms with Crippen LogP contribution in [-0.2, 0) is 4.79 Å². The Morgan fingerprint density at radius 1 is 1.58 bits per heavy atom. The topological polar surface area (TPSA) is 46.4 Å². The predicted molar refractivity (Wildman–Crippen MR) is 48.5 cm³/mol. The molecule has 64 valence electrons. The third-order valence-electron chi connectivity index (χ3n) is 1.48. The summed E-state index contributed by atoms with van der Waals surface area (Å²) in [6, 6.07) is 3.74. The molecule has 0 fully saturated rings. The molecule has 1 aliphatic rings. The molecule has 0 radical (unpaired) electrons. The van der Waals surface area contributed by atoms with Gasteiger partial charge in [-0.15, -0.1) is 12.4 Å². The number of amides is 1. The molecule has 2 heterocycles. The lowest BCUT2D eigenvalue weighted by Crippen LogP contribution is -2.23. The van der Waals surface area contributed by atoms with Crippen LogP contribution in [0.25, 0.3) is 0 Å². The highest BCUT2D eigenvalue weighted by atomic mass is 35.5. The number of nitrogens with one attached hydrogen (secondary N) is 1. The van der Waals surface area contributed by atoms with E-state index in [1.165, 1.54) is 0 Å². The Morgan fingerprint density at radius 2 is 2.42 bits per heavy atom. The molecule has 0 aromatic carbocycles. The van der Waals surface area contributed by atoms with Gasteiger partial charge in [0, 0.05) is 12.4 Å². The molecule has 1 N–H and O–H groups in total. The molecule has 4 nitrogen and oxygen atoms in total. The van der Waals surface area contributed by atoms with E-state index in [0.717, 1.165) is 5.69 Å². The highest BCUT2D eigenvalue weighted by Crippen LogP contribution is 1.98. The number of fused-ring (bicyclic) bond motifs is 1. The molecule has 0 saturated heterocycles. The van der Waals surface area contributed by atoms with Crippen molar-refractivity contribution in [2.75, 3.05) is 12.0 Å². The van der Waals surface area contributed by atoms with Gasteiger partial charge < -0.3 is 0 Å². The second-order valence-electron chi connectivity index (χ2n) is 2.31. The molecular formula is C7H8ClN3O. The van der Waals surface area contributed by atoms with Crippen LogP contribution < -0.4 is 5.43 Å². The molecular weight excluding hydrogens is 178 g/mol. The van der Waals surface area contributed by atoms with Gasteiger partial charge in [0.25, 0.3) is 5.91 Å². The van der Waals surface area contributed by atoms with Crippen molar-refractivity contribution in [1.29, 1.82) is 0 Å². The van der Waals surface area contributed by atoms with Gasteiger partial charge in [0.1, 0.15) is 6.54 Å². The maximum Gasteiger partial charge on any atom is 0.260 e. The summed E-state index contributed by atoms with van der Waals surface area (Å²) in [5, 5.41) is 0. The van der Waals surface area contributed by atoms with Crippen molar-refractivity contribution in [3.63, 3.8) is 0 Å². The van der Waals surface area contributed by atoms with Crippen molar-refractivity contribution in [2.24, 2.45) is 4.99 Å². The molecule has 0 bridgehead atoms. The van der Waals surface area contributed by atoms with E-state index < -0.39 is 0 Å². The first kappa shape index (κ1) is 8.80. The Bertz CT molecular complexity index is 318. The van der Waals surface area contributed by atoms with Crippen molar-refractivity contribution in [3.8, 4) is 0 Å². The molecule has 1 aromatic heterocycles. The number of aliphatic imine (C=N–C) groups is 1. The van der Waals surface area contributed by atoms with Gasteiger partial charge in [-0.2, -0.15) is 0 Å². The minimum atomic E-state index is -0.0869. The average Bonchev–Trinajstić information content (AvgIpc) is 2.31. The van der Waals surface area contributed by atoms with E-state index in [1.54, 1.807) is 17.1 Å². The van der Waals surface area contributed by atoms with E-state index in [2.05, 4.69) is 10.4 Å². The third-order valence-corrected chi connectivity index (χ3v) is 1.48. The molecule has 1 aromatic rings. The first-order valence-corrected chi connectivity index (χ1v) is 3.33. The van der Waals surface area contributed by atoms with E-state index in [0.29, 0.717) is 0 Å². The Morgan fingerprint density at radius 3 is 3.25 bits per heavy atom. The third kappa shape index (κ3) is 1.48. The summed E-state index contributed by atoms with van der Waals surface area (Å²) in [5.74, 6) is -0.0869. The number of hydrogen-bond acceptors (Lipinski definition) is 2. The highest BCUT2D eigenvalue weighted by Gasteiger charge is 2.05. The molecule has 0 unspecified atom stereocenters. The highest BCUT2D eigenvalue weighted by molar-refractivity contribution is 5.91. The van der Waals surface area contributed by atoms with Gasteiger partial charge in [-0.1, -0.05) is 0 Å². The van der Waals surface area contributed by atoms with Gasteiger partial charge in [0.15, 0.2) is 0 Å². The van der Waals surface area contributed by atoms with Gasteiger partial charge in [-0.3, -0.25) is 19.9 Å². The number of halogens is 1. The molecule has 5 heteroatoms.